The van der Waals surface area contributed by atoms with Crippen molar-refractivity contribution in [3.8, 4) is 0 Å². The number of carbonyl (C=O) groups is 2. The zero-order valence-electron chi connectivity index (χ0n) is 15.9. The Labute approximate surface area is 165 Å². The van der Waals surface area contributed by atoms with Gasteiger partial charge in [0.25, 0.3) is 0 Å². The zero-order chi connectivity index (χ0) is 19.1. The topological polar surface area (TPSA) is 106 Å². The molecule has 0 aromatic heterocycles. The molecule has 3 aliphatic rings. The number of rotatable bonds is 8. The molecule has 0 spiro atoms. The van der Waals surface area contributed by atoms with Crippen LogP contribution in [-0.2, 0) is 9.59 Å². The molecule has 1 heterocycles. The van der Waals surface area contributed by atoms with Gasteiger partial charge in [-0.1, -0.05) is 32.1 Å². The van der Waals surface area contributed by atoms with Crippen LogP contribution in [0.15, 0.2) is 0 Å². The van der Waals surface area contributed by atoms with Crippen molar-refractivity contribution in [3.05, 3.63) is 0 Å². The third kappa shape index (κ3) is 6.32. The first-order chi connectivity index (χ1) is 13.1. The largest absolute Gasteiger partial charge is 0.481 e. The number of carboxylic acid groups (broad SMARTS) is 1. The number of nitrogens with zero attached hydrogens (tertiary/aromatic N) is 1. The molecule has 1 aliphatic heterocycles. The molecule has 0 aromatic rings. The van der Waals surface area contributed by atoms with Gasteiger partial charge in [0, 0.05) is 12.6 Å². The molecule has 154 valence electrons. The quantitative estimate of drug-likeness (QED) is 0.419. The van der Waals surface area contributed by atoms with Crippen LogP contribution in [0.4, 0.5) is 0 Å². The Balaban J connectivity index is 1.33. The number of carbonyl (C=O) groups excluding carboxylic acids is 1. The van der Waals surface area contributed by atoms with Crippen LogP contribution in [-0.4, -0.2) is 45.8 Å². The van der Waals surface area contributed by atoms with E-state index in [-0.39, 0.29) is 23.4 Å². The molecule has 0 aromatic carbocycles. The van der Waals surface area contributed by atoms with Gasteiger partial charge in [0.2, 0.25) is 5.91 Å². The third-order valence-electron chi connectivity index (χ3n) is 6.04. The van der Waals surface area contributed by atoms with Gasteiger partial charge < -0.3 is 10.4 Å². The van der Waals surface area contributed by atoms with Gasteiger partial charge in [0.15, 0.2) is 0 Å². The van der Waals surface area contributed by atoms with Gasteiger partial charge in [-0.05, 0) is 38.0 Å². The average Bonchev–Trinajstić information content (AvgIpc) is 3.16. The minimum atomic E-state index is -0.685. The summed E-state index contributed by atoms with van der Waals surface area (Å²) < 4.78 is 0. The summed E-state index contributed by atoms with van der Waals surface area (Å²) in [6.45, 7) is 0.779. The standard InChI is InChI=1S/C18H33N5O3S/c24-16(19-11-10-13-4-2-1-3-5-13)12-27-18-20-21-22-23(18)15-8-6-14(7-9-15)17(25)26/h13-15,18,20-22H,1-12H2,(H,19,24)(H,25,26). The van der Waals surface area contributed by atoms with Crippen LogP contribution in [0.25, 0.3) is 0 Å². The second-order valence-corrected chi connectivity index (χ2v) is 9.01. The van der Waals surface area contributed by atoms with Gasteiger partial charge in [-0.25, -0.2) is 5.43 Å². The first-order valence-electron chi connectivity index (χ1n) is 10.3. The van der Waals surface area contributed by atoms with Crippen molar-refractivity contribution < 1.29 is 14.7 Å². The highest BCUT2D eigenvalue weighted by Crippen LogP contribution is 2.30. The fourth-order valence-corrected chi connectivity index (χ4v) is 5.33. The highest BCUT2D eigenvalue weighted by atomic mass is 32.2. The van der Waals surface area contributed by atoms with Crippen LogP contribution in [0.1, 0.15) is 64.2 Å². The maximum Gasteiger partial charge on any atom is 0.306 e. The number of carboxylic acids is 1. The summed E-state index contributed by atoms with van der Waals surface area (Å²) in [4.78, 5) is 23.3. The summed E-state index contributed by atoms with van der Waals surface area (Å²) in [5, 5.41) is 14.3. The van der Waals surface area contributed by atoms with E-state index in [1.54, 1.807) is 11.8 Å². The van der Waals surface area contributed by atoms with Crippen molar-refractivity contribution >= 4 is 23.6 Å². The molecule has 2 saturated carbocycles. The van der Waals surface area contributed by atoms with Crippen molar-refractivity contribution in [1.29, 1.82) is 0 Å². The normalized spacial score (nSPS) is 30.3. The number of amides is 1. The summed E-state index contributed by atoms with van der Waals surface area (Å²) in [7, 11) is 0. The van der Waals surface area contributed by atoms with Gasteiger partial charge in [-0.15, -0.1) is 11.8 Å². The van der Waals surface area contributed by atoms with Crippen LogP contribution in [0.3, 0.4) is 0 Å². The Morgan fingerprint density at radius 1 is 1.07 bits per heavy atom. The first kappa shape index (κ1) is 20.9. The lowest BCUT2D eigenvalue weighted by Gasteiger charge is -2.34. The van der Waals surface area contributed by atoms with Crippen molar-refractivity contribution in [2.75, 3.05) is 12.3 Å². The second-order valence-electron chi connectivity index (χ2n) is 7.94. The fourth-order valence-electron chi connectivity index (χ4n) is 4.39. The summed E-state index contributed by atoms with van der Waals surface area (Å²) in [6, 6.07) is 0.273. The Hall–Kier alpha value is -0.870. The molecule has 1 amide bonds. The van der Waals surface area contributed by atoms with Gasteiger partial charge >= 0.3 is 5.97 Å². The number of hydrogen-bond donors (Lipinski definition) is 5. The Morgan fingerprint density at radius 2 is 1.81 bits per heavy atom. The van der Waals surface area contributed by atoms with Gasteiger partial charge in [0.1, 0.15) is 5.50 Å². The van der Waals surface area contributed by atoms with Crippen molar-refractivity contribution in [2.24, 2.45) is 11.8 Å². The van der Waals surface area contributed by atoms with Gasteiger partial charge in [-0.3, -0.25) is 9.59 Å². The number of hydrogen-bond acceptors (Lipinski definition) is 7. The first-order valence-corrected chi connectivity index (χ1v) is 11.3. The van der Waals surface area contributed by atoms with Crippen LogP contribution in [0.5, 0.6) is 0 Å². The molecule has 1 saturated heterocycles. The highest BCUT2D eigenvalue weighted by molar-refractivity contribution is 8.00. The van der Waals surface area contributed by atoms with Crippen LogP contribution in [0.2, 0.25) is 0 Å². The Morgan fingerprint density at radius 3 is 2.52 bits per heavy atom. The number of aliphatic carboxylic acids is 1. The SMILES string of the molecule is O=C(CSC1NNNN1C1CCC(C(=O)O)CC1)NCCC1CCCCC1. The molecule has 1 unspecified atom stereocenters. The molecule has 0 radical (unpaired) electrons. The second kappa shape index (κ2) is 10.6. The maximum atomic E-state index is 12.2. The molecule has 0 bridgehead atoms. The molecule has 8 nitrogen and oxygen atoms in total. The molecule has 3 rings (SSSR count). The average molecular weight is 400 g/mol. The van der Waals surface area contributed by atoms with E-state index < -0.39 is 5.97 Å². The molecular weight excluding hydrogens is 366 g/mol. The number of nitrogens with one attached hydrogen (secondary N) is 4. The number of hydrazine groups is 3. The molecule has 2 aliphatic carbocycles. The summed E-state index contributed by atoms with van der Waals surface area (Å²) in [6.07, 6.45) is 10.9. The zero-order valence-corrected chi connectivity index (χ0v) is 16.7. The van der Waals surface area contributed by atoms with E-state index in [0.29, 0.717) is 18.6 Å². The van der Waals surface area contributed by atoms with E-state index in [0.717, 1.165) is 31.7 Å². The van der Waals surface area contributed by atoms with Crippen molar-refractivity contribution in [2.45, 2.75) is 75.7 Å². The summed E-state index contributed by atoms with van der Waals surface area (Å²) >= 11 is 1.55. The summed E-state index contributed by atoms with van der Waals surface area (Å²) in [5.74, 6) is 0.375. The van der Waals surface area contributed by atoms with Crippen LogP contribution >= 0.6 is 11.8 Å². The lowest BCUT2D eigenvalue weighted by Crippen LogP contribution is -2.48. The van der Waals surface area contributed by atoms with E-state index >= 15 is 0 Å². The predicted octanol–water partition coefficient (Wildman–Crippen LogP) is 1.56. The van der Waals surface area contributed by atoms with E-state index in [1.807, 2.05) is 0 Å². The molecule has 5 N–H and O–H groups in total. The van der Waals surface area contributed by atoms with Crippen molar-refractivity contribution in [1.82, 2.24) is 26.8 Å². The molecule has 3 fully saturated rings. The lowest BCUT2D eigenvalue weighted by molar-refractivity contribution is -0.143. The number of thioether (sulfide) groups is 1. The minimum Gasteiger partial charge on any atom is -0.481 e. The van der Waals surface area contributed by atoms with Gasteiger partial charge in [-0.2, -0.15) is 16.1 Å². The predicted molar refractivity (Wildman–Crippen MR) is 105 cm³/mol. The Bertz CT molecular complexity index is 495. The lowest BCUT2D eigenvalue weighted by atomic mass is 9.86. The van der Waals surface area contributed by atoms with E-state index in [9.17, 15) is 9.59 Å². The molecular formula is C18H33N5O3S. The maximum absolute atomic E-state index is 12.2. The van der Waals surface area contributed by atoms with Crippen LogP contribution < -0.4 is 21.8 Å². The Kier molecular flexibility index (Phi) is 8.20. The van der Waals surface area contributed by atoms with E-state index in [1.165, 1.54) is 32.1 Å². The monoisotopic (exact) mass is 399 g/mol. The molecule has 9 heteroatoms. The molecule has 27 heavy (non-hydrogen) atoms. The van der Waals surface area contributed by atoms with E-state index in [4.69, 9.17) is 5.11 Å². The smallest absolute Gasteiger partial charge is 0.306 e. The van der Waals surface area contributed by atoms with Gasteiger partial charge in [0.05, 0.1) is 11.7 Å². The molecule has 1 atom stereocenters. The third-order valence-corrected chi connectivity index (χ3v) is 7.13. The van der Waals surface area contributed by atoms with Crippen molar-refractivity contribution in [3.63, 3.8) is 0 Å². The summed E-state index contributed by atoms with van der Waals surface area (Å²) in [5.41, 5.74) is 9.11. The fraction of sp³-hybridized carbons (Fsp3) is 0.889. The van der Waals surface area contributed by atoms with Crippen LogP contribution in [0, 0.1) is 11.8 Å². The minimum absolute atomic E-state index is 0.0412. The highest BCUT2D eigenvalue weighted by Gasteiger charge is 2.35. The van der Waals surface area contributed by atoms with E-state index in [2.05, 4.69) is 26.8 Å².